The van der Waals surface area contributed by atoms with E-state index in [1.807, 2.05) is 13.0 Å². The Morgan fingerprint density at radius 3 is 2.60 bits per heavy atom. The molecule has 0 amide bonds. The standard InChI is InChI=1S/C12H13FO2/c1-3-10(11(13)12(14)15)9-6-4-5-8(2)7-9/h4-7H,3H2,1-2H3,(H,14,15)/b11-10-. The van der Waals surface area contributed by atoms with Gasteiger partial charge in [-0.2, -0.15) is 4.39 Å². The molecule has 1 N–H and O–H groups in total. The highest BCUT2D eigenvalue weighted by molar-refractivity contribution is 5.94. The first kappa shape index (κ1) is 11.4. The van der Waals surface area contributed by atoms with Crippen LogP contribution in [-0.2, 0) is 4.79 Å². The number of allylic oxidation sites excluding steroid dienone is 1. The Kier molecular flexibility index (Phi) is 3.61. The van der Waals surface area contributed by atoms with Crippen molar-refractivity contribution < 1.29 is 14.3 Å². The van der Waals surface area contributed by atoms with Gasteiger partial charge in [0.15, 0.2) is 0 Å². The second-order valence-electron chi connectivity index (χ2n) is 3.32. The zero-order chi connectivity index (χ0) is 11.4. The van der Waals surface area contributed by atoms with Crippen LogP contribution in [0.1, 0.15) is 24.5 Å². The van der Waals surface area contributed by atoms with Gasteiger partial charge in [-0.15, -0.1) is 0 Å². The van der Waals surface area contributed by atoms with E-state index < -0.39 is 11.8 Å². The largest absolute Gasteiger partial charge is 0.476 e. The molecule has 0 bridgehead atoms. The minimum Gasteiger partial charge on any atom is -0.476 e. The highest BCUT2D eigenvalue weighted by Crippen LogP contribution is 2.23. The number of benzene rings is 1. The van der Waals surface area contributed by atoms with Crippen LogP contribution in [0.5, 0.6) is 0 Å². The molecule has 0 aliphatic carbocycles. The Balaban J connectivity index is 3.24. The molecule has 1 rings (SSSR count). The lowest BCUT2D eigenvalue weighted by molar-refractivity contribution is -0.134. The molecule has 1 aromatic rings. The average molecular weight is 208 g/mol. The van der Waals surface area contributed by atoms with Crippen LogP contribution < -0.4 is 0 Å². The van der Waals surface area contributed by atoms with E-state index in [0.717, 1.165) is 5.56 Å². The summed E-state index contributed by atoms with van der Waals surface area (Å²) in [5.41, 5.74) is 1.86. The van der Waals surface area contributed by atoms with Crippen molar-refractivity contribution in [2.75, 3.05) is 0 Å². The topological polar surface area (TPSA) is 37.3 Å². The molecule has 0 unspecified atom stereocenters. The molecule has 0 atom stereocenters. The van der Waals surface area contributed by atoms with Gasteiger partial charge in [-0.3, -0.25) is 0 Å². The van der Waals surface area contributed by atoms with Gasteiger partial charge >= 0.3 is 5.97 Å². The van der Waals surface area contributed by atoms with Crippen molar-refractivity contribution in [3.8, 4) is 0 Å². The van der Waals surface area contributed by atoms with Gasteiger partial charge in [-0.05, 0) is 18.9 Å². The van der Waals surface area contributed by atoms with Crippen LogP contribution in [0.2, 0.25) is 0 Å². The fourth-order valence-corrected chi connectivity index (χ4v) is 1.45. The van der Waals surface area contributed by atoms with Gasteiger partial charge in [0.1, 0.15) is 0 Å². The predicted octanol–water partition coefficient (Wildman–Crippen LogP) is 3.17. The van der Waals surface area contributed by atoms with Gasteiger partial charge < -0.3 is 5.11 Å². The molecule has 0 saturated heterocycles. The molecule has 3 heteroatoms. The van der Waals surface area contributed by atoms with E-state index in [9.17, 15) is 9.18 Å². The fraction of sp³-hybridized carbons (Fsp3) is 0.250. The third-order valence-electron chi connectivity index (χ3n) is 2.17. The van der Waals surface area contributed by atoms with Gasteiger partial charge in [-0.1, -0.05) is 36.8 Å². The van der Waals surface area contributed by atoms with Crippen molar-refractivity contribution in [2.45, 2.75) is 20.3 Å². The number of rotatable bonds is 3. The lowest BCUT2D eigenvalue weighted by Crippen LogP contribution is -1.99. The van der Waals surface area contributed by atoms with Gasteiger partial charge in [0.2, 0.25) is 5.83 Å². The summed E-state index contributed by atoms with van der Waals surface area (Å²) in [5.74, 6) is -2.57. The highest BCUT2D eigenvalue weighted by atomic mass is 19.1. The molecule has 15 heavy (non-hydrogen) atoms. The zero-order valence-corrected chi connectivity index (χ0v) is 8.75. The van der Waals surface area contributed by atoms with Crippen molar-refractivity contribution in [1.82, 2.24) is 0 Å². The van der Waals surface area contributed by atoms with Crippen LogP contribution in [0.4, 0.5) is 4.39 Å². The van der Waals surface area contributed by atoms with Crippen molar-refractivity contribution in [1.29, 1.82) is 0 Å². The SMILES string of the molecule is CC/C(=C(/F)C(=O)O)c1cccc(C)c1. The summed E-state index contributed by atoms with van der Waals surface area (Å²) in [6.45, 7) is 3.62. The lowest BCUT2D eigenvalue weighted by Gasteiger charge is -2.06. The molecule has 0 aliphatic rings. The van der Waals surface area contributed by atoms with Gasteiger partial charge in [0.05, 0.1) is 0 Å². The Morgan fingerprint density at radius 2 is 2.13 bits per heavy atom. The van der Waals surface area contributed by atoms with E-state index in [1.54, 1.807) is 25.1 Å². The summed E-state index contributed by atoms with van der Waals surface area (Å²) in [6, 6.07) is 7.17. The number of carboxylic acid groups (broad SMARTS) is 1. The Bertz CT molecular complexity index is 408. The van der Waals surface area contributed by atoms with E-state index >= 15 is 0 Å². The van der Waals surface area contributed by atoms with Crippen molar-refractivity contribution >= 4 is 11.5 Å². The van der Waals surface area contributed by atoms with Crippen LogP contribution in [0.3, 0.4) is 0 Å². The number of carboxylic acids is 1. The van der Waals surface area contributed by atoms with Crippen molar-refractivity contribution in [3.63, 3.8) is 0 Å². The van der Waals surface area contributed by atoms with Crippen molar-refractivity contribution in [2.24, 2.45) is 0 Å². The summed E-state index contributed by atoms with van der Waals surface area (Å²) in [7, 11) is 0. The maximum atomic E-state index is 13.3. The predicted molar refractivity (Wildman–Crippen MR) is 57.1 cm³/mol. The fourth-order valence-electron chi connectivity index (χ4n) is 1.45. The van der Waals surface area contributed by atoms with Crippen LogP contribution in [0.25, 0.3) is 5.57 Å². The molecule has 2 nitrogen and oxygen atoms in total. The average Bonchev–Trinajstić information content (AvgIpc) is 2.18. The molecule has 1 aromatic carbocycles. The molecular weight excluding hydrogens is 195 g/mol. The van der Waals surface area contributed by atoms with Gasteiger partial charge in [0.25, 0.3) is 0 Å². The molecule has 0 aliphatic heterocycles. The molecule has 0 fully saturated rings. The van der Waals surface area contributed by atoms with Crippen LogP contribution >= 0.6 is 0 Å². The van der Waals surface area contributed by atoms with Crippen LogP contribution in [-0.4, -0.2) is 11.1 Å². The Hall–Kier alpha value is -1.64. The molecule has 0 heterocycles. The second-order valence-corrected chi connectivity index (χ2v) is 3.32. The number of aryl methyl sites for hydroxylation is 1. The first-order valence-corrected chi connectivity index (χ1v) is 4.75. The number of carbonyl (C=O) groups is 1. The second kappa shape index (κ2) is 4.73. The third kappa shape index (κ3) is 2.65. The molecule has 0 spiro atoms. The zero-order valence-electron chi connectivity index (χ0n) is 8.75. The first-order valence-electron chi connectivity index (χ1n) is 4.75. The first-order chi connectivity index (χ1) is 7.06. The number of halogens is 1. The molecule has 0 radical (unpaired) electrons. The Morgan fingerprint density at radius 1 is 1.47 bits per heavy atom. The lowest BCUT2D eigenvalue weighted by atomic mass is 10.0. The summed E-state index contributed by atoms with van der Waals surface area (Å²) >= 11 is 0. The molecule has 80 valence electrons. The van der Waals surface area contributed by atoms with E-state index in [1.165, 1.54) is 0 Å². The van der Waals surface area contributed by atoms with Crippen LogP contribution in [0, 0.1) is 6.92 Å². The molecular formula is C12H13FO2. The van der Waals surface area contributed by atoms with Gasteiger partial charge in [-0.25, -0.2) is 4.79 Å². The maximum absolute atomic E-state index is 13.3. The third-order valence-corrected chi connectivity index (χ3v) is 2.17. The number of aliphatic carboxylic acids is 1. The summed E-state index contributed by atoms with van der Waals surface area (Å²) < 4.78 is 13.3. The smallest absolute Gasteiger partial charge is 0.365 e. The Labute approximate surface area is 88.1 Å². The van der Waals surface area contributed by atoms with E-state index in [2.05, 4.69) is 0 Å². The summed E-state index contributed by atoms with van der Waals surface area (Å²) in [4.78, 5) is 10.5. The van der Waals surface area contributed by atoms with Gasteiger partial charge in [0, 0.05) is 5.57 Å². The number of hydrogen-bond acceptors (Lipinski definition) is 1. The minimum atomic E-state index is -1.51. The van der Waals surface area contributed by atoms with Crippen molar-refractivity contribution in [3.05, 3.63) is 41.2 Å². The number of hydrogen-bond donors (Lipinski definition) is 1. The molecule has 0 saturated carbocycles. The van der Waals surface area contributed by atoms with E-state index in [-0.39, 0.29) is 5.57 Å². The minimum absolute atomic E-state index is 0.242. The highest BCUT2D eigenvalue weighted by Gasteiger charge is 2.13. The monoisotopic (exact) mass is 208 g/mol. The van der Waals surface area contributed by atoms with E-state index in [0.29, 0.717) is 12.0 Å². The normalized spacial score (nSPS) is 12.2. The maximum Gasteiger partial charge on any atom is 0.365 e. The molecule has 0 aromatic heterocycles. The quantitative estimate of drug-likeness (QED) is 0.774. The summed E-state index contributed by atoms with van der Waals surface area (Å²) in [6.07, 6.45) is 0.363. The van der Waals surface area contributed by atoms with E-state index in [4.69, 9.17) is 5.11 Å². The van der Waals surface area contributed by atoms with Crippen LogP contribution in [0.15, 0.2) is 30.1 Å². The summed E-state index contributed by atoms with van der Waals surface area (Å²) in [5, 5.41) is 8.58.